The third kappa shape index (κ3) is 2.72. The number of likely N-dealkylation sites (tertiary alicyclic amines) is 1. The molecule has 0 radical (unpaired) electrons. The monoisotopic (exact) mass is 271 g/mol. The summed E-state index contributed by atoms with van der Waals surface area (Å²) < 4.78 is 37.2. The molecule has 0 saturated carbocycles. The summed E-state index contributed by atoms with van der Waals surface area (Å²) >= 11 is 0. The van der Waals surface area contributed by atoms with Crippen molar-refractivity contribution in [3.8, 4) is 0 Å². The molecule has 0 bridgehead atoms. The van der Waals surface area contributed by atoms with Gasteiger partial charge in [-0.25, -0.2) is 12.8 Å². The average Bonchev–Trinajstić information content (AvgIpc) is 2.29. The summed E-state index contributed by atoms with van der Waals surface area (Å²) in [5.74, 6) is -0.433. The Hall–Kier alpha value is -0.940. The van der Waals surface area contributed by atoms with E-state index in [-0.39, 0.29) is 10.8 Å². The first-order chi connectivity index (χ1) is 8.39. The maximum absolute atomic E-state index is 14.3. The normalized spacial score (nSPS) is 19.1. The lowest BCUT2D eigenvalue weighted by molar-refractivity contribution is 0.252. The van der Waals surface area contributed by atoms with Crippen molar-refractivity contribution in [2.24, 2.45) is 0 Å². The summed E-state index contributed by atoms with van der Waals surface area (Å²) in [6.45, 7) is 1.85. The lowest BCUT2D eigenvalue weighted by atomic mass is 9.89. The lowest BCUT2D eigenvalue weighted by Crippen LogP contribution is -2.29. The molecular formula is C13H18FNO2S. The van der Waals surface area contributed by atoms with Gasteiger partial charge in [-0.05, 0) is 50.5 Å². The zero-order chi connectivity index (χ0) is 13.3. The summed E-state index contributed by atoms with van der Waals surface area (Å²) in [5.41, 5.74) is 0.547. The number of nitrogens with zero attached hydrogens (tertiary/aromatic N) is 1. The van der Waals surface area contributed by atoms with Crippen LogP contribution in [0.5, 0.6) is 0 Å². The van der Waals surface area contributed by atoms with E-state index < -0.39 is 15.7 Å². The highest BCUT2D eigenvalue weighted by Crippen LogP contribution is 2.31. The van der Waals surface area contributed by atoms with Crippen LogP contribution in [0.1, 0.15) is 24.3 Å². The van der Waals surface area contributed by atoms with Crippen molar-refractivity contribution in [3.05, 3.63) is 29.6 Å². The Kier molecular flexibility index (Phi) is 3.73. The van der Waals surface area contributed by atoms with E-state index in [1.165, 1.54) is 6.07 Å². The first-order valence-corrected chi connectivity index (χ1v) is 7.95. The zero-order valence-corrected chi connectivity index (χ0v) is 11.5. The van der Waals surface area contributed by atoms with Gasteiger partial charge < -0.3 is 4.90 Å². The van der Waals surface area contributed by atoms with Gasteiger partial charge >= 0.3 is 0 Å². The predicted octanol–water partition coefficient (Wildman–Crippen LogP) is 2.04. The van der Waals surface area contributed by atoms with Gasteiger partial charge in [0.15, 0.2) is 9.84 Å². The second kappa shape index (κ2) is 4.97. The summed E-state index contributed by atoms with van der Waals surface area (Å²) in [5, 5.41) is 0. The molecule has 1 aromatic rings. The van der Waals surface area contributed by atoms with Crippen LogP contribution >= 0.6 is 0 Å². The highest BCUT2D eigenvalue weighted by atomic mass is 32.2. The molecule has 2 rings (SSSR count). The third-order valence-electron chi connectivity index (χ3n) is 3.55. The molecular weight excluding hydrogens is 253 g/mol. The molecule has 1 aliphatic heterocycles. The number of rotatable bonds is 2. The predicted molar refractivity (Wildman–Crippen MR) is 69.0 cm³/mol. The van der Waals surface area contributed by atoms with Gasteiger partial charge in [-0.2, -0.15) is 0 Å². The second-order valence-electron chi connectivity index (χ2n) is 5.01. The van der Waals surface area contributed by atoms with Gasteiger partial charge in [0.05, 0.1) is 0 Å². The summed E-state index contributed by atoms with van der Waals surface area (Å²) in [7, 11) is -1.45. The van der Waals surface area contributed by atoms with Gasteiger partial charge in [0, 0.05) is 6.26 Å². The molecule has 1 saturated heterocycles. The van der Waals surface area contributed by atoms with Gasteiger partial charge in [0.1, 0.15) is 10.7 Å². The Morgan fingerprint density at radius 2 is 1.89 bits per heavy atom. The molecule has 0 atom stereocenters. The van der Waals surface area contributed by atoms with Crippen molar-refractivity contribution < 1.29 is 12.8 Å². The lowest BCUT2D eigenvalue weighted by Gasteiger charge is -2.29. The fraction of sp³-hybridized carbons (Fsp3) is 0.538. The minimum absolute atomic E-state index is 0.128. The first-order valence-electron chi connectivity index (χ1n) is 6.06. The van der Waals surface area contributed by atoms with Gasteiger partial charge in [0.2, 0.25) is 0 Å². The van der Waals surface area contributed by atoms with E-state index in [1.807, 2.05) is 7.05 Å². The standard InChI is InChI=1S/C13H18FNO2S/c1-15-8-6-10(7-9-15)11-4-3-5-12(13(11)14)18(2,16)17/h3-5,10H,6-9H2,1-2H3. The van der Waals surface area contributed by atoms with Crippen LogP contribution in [0, 0.1) is 5.82 Å². The average molecular weight is 271 g/mol. The summed E-state index contributed by atoms with van der Waals surface area (Å²) in [6.07, 6.45) is 2.80. The number of halogens is 1. The van der Waals surface area contributed by atoms with Crippen LogP contribution in [-0.4, -0.2) is 39.7 Å². The fourth-order valence-corrected chi connectivity index (χ4v) is 3.22. The SMILES string of the molecule is CN1CCC(c2cccc(S(C)(=O)=O)c2F)CC1. The van der Waals surface area contributed by atoms with E-state index in [0.29, 0.717) is 5.56 Å². The Balaban J connectivity index is 2.35. The smallest absolute Gasteiger partial charge is 0.178 e. The molecule has 0 amide bonds. The molecule has 3 nitrogen and oxygen atoms in total. The molecule has 0 spiro atoms. The zero-order valence-electron chi connectivity index (χ0n) is 10.7. The van der Waals surface area contributed by atoms with Gasteiger partial charge in [-0.15, -0.1) is 0 Å². The van der Waals surface area contributed by atoms with Crippen LogP contribution in [0.2, 0.25) is 0 Å². The topological polar surface area (TPSA) is 37.4 Å². The molecule has 0 unspecified atom stereocenters. The molecule has 5 heteroatoms. The van der Waals surface area contributed by atoms with Crippen molar-refractivity contribution in [1.82, 2.24) is 4.90 Å². The molecule has 0 aliphatic carbocycles. The van der Waals surface area contributed by atoms with Crippen molar-refractivity contribution >= 4 is 9.84 Å². The van der Waals surface area contributed by atoms with E-state index in [2.05, 4.69) is 4.90 Å². The van der Waals surface area contributed by atoms with E-state index in [1.54, 1.807) is 12.1 Å². The maximum Gasteiger partial charge on any atom is 0.178 e. The molecule has 0 aromatic heterocycles. The Morgan fingerprint density at radius 1 is 1.28 bits per heavy atom. The molecule has 1 aromatic carbocycles. The number of hydrogen-bond donors (Lipinski definition) is 0. The van der Waals surface area contributed by atoms with Crippen LogP contribution < -0.4 is 0 Å². The van der Waals surface area contributed by atoms with Crippen LogP contribution in [0.3, 0.4) is 0 Å². The molecule has 18 heavy (non-hydrogen) atoms. The molecule has 1 aliphatic rings. The quantitative estimate of drug-likeness (QED) is 0.826. The van der Waals surface area contributed by atoms with Crippen molar-refractivity contribution in [2.75, 3.05) is 26.4 Å². The second-order valence-corrected chi connectivity index (χ2v) is 6.99. The largest absolute Gasteiger partial charge is 0.306 e. The van der Waals surface area contributed by atoms with Crippen LogP contribution in [0.15, 0.2) is 23.1 Å². The van der Waals surface area contributed by atoms with Crippen molar-refractivity contribution in [3.63, 3.8) is 0 Å². The highest BCUT2D eigenvalue weighted by molar-refractivity contribution is 7.90. The third-order valence-corrected chi connectivity index (χ3v) is 4.67. The van der Waals surface area contributed by atoms with Crippen LogP contribution in [-0.2, 0) is 9.84 Å². The number of sulfone groups is 1. The molecule has 0 N–H and O–H groups in total. The van der Waals surface area contributed by atoms with Gasteiger partial charge in [0.25, 0.3) is 0 Å². The number of hydrogen-bond acceptors (Lipinski definition) is 3. The van der Waals surface area contributed by atoms with Gasteiger partial charge in [-0.3, -0.25) is 0 Å². The summed E-state index contributed by atoms with van der Waals surface area (Å²) in [4.78, 5) is 2.02. The van der Waals surface area contributed by atoms with E-state index >= 15 is 0 Å². The molecule has 1 heterocycles. The van der Waals surface area contributed by atoms with E-state index in [0.717, 1.165) is 32.2 Å². The number of benzene rings is 1. The maximum atomic E-state index is 14.3. The minimum atomic E-state index is -3.49. The molecule has 100 valence electrons. The highest BCUT2D eigenvalue weighted by Gasteiger charge is 2.24. The summed E-state index contributed by atoms with van der Waals surface area (Å²) in [6, 6.07) is 4.68. The van der Waals surface area contributed by atoms with Crippen molar-refractivity contribution in [1.29, 1.82) is 0 Å². The van der Waals surface area contributed by atoms with Crippen LogP contribution in [0.25, 0.3) is 0 Å². The Labute approximate surface area is 108 Å². The van der Waals surface area contributed by atoms with Gasteiger partial charge in [-0.1, -0.05) is 12.1 Å². The van der Waals surface area contributed by atoms with E-state index in [4.69, 9.17) is 0 Å². The van der Waals surface area contributed by atoms with E-state index in [9.17, 15) is 12.8 Å². The van der Waals surface area contributed by atoms with Crippen LogP contribution in [0.4, 0.5) is 4.39 Å². The molecule has 1 fully saturated rings. The van der Waals surface area contributed by atoms with Crippen molar-refractivity contribution in [2.45, 2.75) is 23.7 Å². The minimum Gasteiger partial charge on any atom is -0.306 e. The Morgan fingerprint density at radius 3 is 2.44 bits per heavy atom. The fourth-order valence-electron chi connectivity index (χ4n) is 2.45. The number of piperidine rings is 1. The Bertz CT molecular complexity index is 534. The first kappa shape index (κ1) is 13.5.